The van der Waals surface area contributed by atoms with Gasteiger partial charge < -0.3 is 9.84 Å². The maximum atomic E-state index is 11.7. The van der Waals surface area contributed by atoms with Crippen LogP contribution in [-0.4, -0.2) is 22.6 Å². The van der Waals surface area contributed by atoms with Crippen LogP contribution in [0.25, 0.3) is 0 Å². The predicted molar refractivity (Wildman–Crippen MR) is 74.9 cm³/mol. The van der Waals surface area contributed by atoms with Crippen LogP contribution < -0.4 is 0 Å². The fourth-order valence-electron chi connectivity index (χ4n) is 2.19. The number of carbonyl (C=O) groups is 2. The Morgan fingerprint density at radius 3 is 2.11 bits per heavy atom. The van der Waals surface area contributed by atoms with Crippen molar-refractivity contribution in [2.75, 3.05) is 0 Å². The van der Waals surface area contributed by atoms with Crippen LogP contribution in [0, 0.1) is 11.8 Å². The van der Waals surface area contributed by atoms with Crippen LogP contribution in [0.2, 0.25) is 0 Å². The van der Waals surface area contributed by atoms with Crippen LogP contribution in [0.3, 0.4) is 0 Å². The summed E-state index contributed by atoms with van der Waals surface area (Å²) >= 11 is 0. The van der Waals surface area contributed by atoms with Crippen molar-refractivity contribution in [3.8, 4) is 0 Å². The zero-order chi connectivity index (χ0) is 15.1. The maximum absolute atomic E-state index is 11.7. The molecule has 0 heterocycles. The standard InChI is InChI=1S/C15H28O4/c1-11(2)8-9-15(5,10-12(3)4)19-14(18)7-6-13(16)17/h11-12H,6-10H2,1-5H3,(H,16,17). The van der Waals surface area contributed by atoms with Gasteiger partial charge in [-0.05, 0) is 38.0 Å². The SMILES string of the molecule is CC(C)CCC(C)(CC(C)C)OC(=O)CCC(=O)O. The van der Waals surface area contributed by atoms with E-state index < -0.39 is 17.5 Å². The number of carboxylic acid groups (broad SMARTS) is 1. The summed E-state index contributed by atoms with van der Waals surface area (Å²) in [5.74, 6) is -0.382. The molecule has 0 bridgehead atoms. The highest BCUT2D eigenvalue weighted by Gasteiger charge is 2.29. The molecule has 0 radical (unpaired) electrons. The summed E-state index contributed by atoms with van der Waals surface area (Å²) in [7, 11) is 0. The van der Waals surface area contributed by atoms with Crippen molar-refractivity contribution in [1.82, 2.24) is 0 Å². The van der Waals surface area contributed by atoms with E-state index in [0.29, 0.717) is 11.8 Å². The predicted octanol–water partition coefficient (Wildman–Crippen LogP) is 3.64. The van der Waals surface area contributed by atoms with Crippen molar-refractivity contribution in [2.45, 2.75) is 72.3 Å². The second kappa shape index (κ2) is 8.18. The van der Waals surface area contributed by atoms with Gasteiger partial charge in [0.15, 0.2) is 0 Å². The van der Waals surface area contributed by atoms with Crippen LogP contribution in [0.1, 0.15) is 66.7 Å². The molecule has 0 saturated carbocycles. The molecule has 0 rings (SSSR count). The fourth-order valence-corrected chi connectivity index (χ4v) is 2.19. The molecule has 0 fully saturated rings. The number of hydrogen-bond acceptors (Lipinski definition) is 3. The van der Waals surface area contributed by atoms with Crippen LogP contribution in [0.4, 0.5) is 0 Å². The Bertz CT molecular complexity index is 297. The summed E-state index contributed by atoms with van der Waals surface area (Å²) in [5.41, 5.74) is -0.478. The van der Waals surface area contributed by atoms with E-state index in [0.717, 1.165) is 19.3 Å². The Hall–Kier alpha value is -1.06. The van der Waals surface area contributed by atoms with Crippen molar-refractivity contribution in [2.24, 2.45) is 11.8 Å². The number of carboxylic acids is 1. The van der Waals surface area contributed by atoms with E-state index in [-0.39, 0.29) is 12.8 Å². The molecule has 4 nitrogen and oxygen atoms in total. The van der Waals surface area contributed by atoms with Gasteiger partial charge in [-0.3, -0.25) is 9.59 Å². The molecule has 1 N–H and O–H groups in total. The number of hydrogen-bond donors (Lipinski definition) is 1. The Balaban J connectivity index is 4.47. The van der Waals surface area contributed by atoms with E-state index >= 15 is 0 Å². The molecular formula is C15H28O4. The minimum absolute atomic E-state index is 0.0509. The van der Waals surface area contributed by atoms with Gasteiger partial charge in [0, 0.05) is 0 Å². The van der Waals surface area contributed by atoms with Crippen LogP contribution in [0.5, 0.6) is 0 Å². The average molecular weight is 272 g/mol. The first-order chi connectivity index (χ1) is 8.64. The minimum Gasteiger partial charge on any atom is -0.481 e. The van der Waals surface area contributed by atoms with E-state index in [9.17, 15) is 9.59 Å². The van der Waals surface area contributed by atoms with Gasteiger partial charge in [0.1, 0.15) is 5.60 Å². The lowest BCUT2D eigenvalue weighted by Crippen LogP contribution is -2.34. The monoisotopic (exact) mass is 272 g/mol. The summed E-state index contributed by atoms with van der Waals surface area (Å²) in [6, 6.07) is 0. The second-order valence-electron chi connectivity index (χ2n) is 6.35. The largest absolute Gasteiger partial charge is 0.481 e. The topological polar surface area (TPSA) is 63.6 Å². The highest BCUT2D eigenvalue weighted by Crippen LogP contribution is 2.28. The van der Waals surface area contributed by atoms with Crippen LogP contribution in [0.15, 0.2) is 0 Å². The first-order valence-corrected chi connectivity index (χ1v) is 7.08. The van der Waals surface area contributed by atoms with Crippen molar-refractivity contribution in [3.05, 3.63) is 0 Å². The summed E-state index contributed by atoms with van der Waals surface area (Å²) < 4.78 is 5.55. The molecule has 1 unspecified atom stereocenters. The first kappa shape index (κ1) is 17.9. The Morgan fingerprint density at radius 1 is 1.11 bits per heavy atom. The number of esters is 1. The van der Waals surface area contributed by atoms with Crippen molar-refractivity contribution in [3.63, 3.8) is 0 Å². The third-order valence-corrected chi connectivity index (χ3v) is 2.99. The molecule has 4 heteroatoms. The lowest BCUT2D eigenvalue weighted by molar-refractivity contribution is -0.162. The van der Waals surface area contributed by atoms with Gasteiger partial charge in [-0.1, -0.05) is 27.7 Å². The number of aliphatic carboxylic acids is 1. The zero-order valence-electron chi connectivity index (χ0n) is 12.9. The number of ether oxygens (including phenoxy) is 1. The van der Waals surface area contributed by atoms with Crippen molar-refractivity contribution >= 4 is 11.9 Å². The van der Waals surface area contributed by atoms with E-state index in [1.807, 2.05) is 6.92 Å². The summed E-state index contributed by atoms with van der Waals surface area (Å²) in [6.45, 7) is 10.4. The van der Waals surface area contributed by atoms with Crippen LogP contribution in [-0.2, 0) is 14.3 Å². The van der Waals surface area contributed by atoms with E-state index in [1.165, 1.54) is 0 Å². The van der Waals surface area contributed by atoms with Gasteiger partial charge in [0.2, 0.25) is 0 Å². The summed E-state index contributed by atoms with van der Waals surface area (Å²) in [6.07, 6.45) is 2.40. The highest BCUT2D eigenvalue weighted by molar-refractivity contribution is 5.76. The van der Waals surface area contributed by atoms with Gasteiger partial charge in [-0.15, -0.1) is 0 Å². The fraction of sp³-hybridized carbons (Fsp3) is 0.867. The molecule has 0 aliphatic heterocycles. The summed E-state index contributed by atoms with van der Waals surface area (Å²) in [5, 5.41) is 8.57. The van der Waals surface area contributed by atoms with Crippen LogP contribution >= 0.6 is 0 Å². The van der Waals surface area contributed by atoms with Gasteiger partial charge in [-0.25, -0.2) is 0 Å². The molecule has 0 aliphatic rings. The van der Waals surface area contributed by atoms with Crippen molar-refractivity contribution < 1.29 is 19.4 Å². The zero-order valence-corrected chi connectivity index (χ0v) is 12.9. The quantitative estimate of drug-likeness (QED) is 0.651. The Labute approximate surface area is 116 Å². The third kappa shape index (κ3) is 9.51. The Morgan fingerprint density at radius 2 is 1.68 bits per heavy atom. The molecule has 0 amide bonds. The molecule has 1 atom stereocenters. The highest BCUT2D eigenvalue weighted by atomic mass is 16.6. The molecule has 0 aromatic heterocycles. The molecule has 19 heavy (non-hydrogen) atoms. The van der Waals surface area contributed by atoms with E-state index in [2.05, 4.69) is 27.7 Å². The van der Waals surface area contributed by atoms with E-state index in [1.54, 1.807) is 0 Å². The lowest BCUT2D eigenvalue weighted by atomic mass is 9.87. The van der Waals surface area contributed by atoms with Gasteiger partial charge in [0.05, 0.1) is 12.8 Å². The molecule has 0 aliphatic carbocycles. The molecule has 0 spiro atoms. The lowest BCUT2D eigenvalue weighted by Gasteiger charge is -2.32. The summed E-state index contributed by atoms with van der Waals surface area (Å²) in [4.78, 5) is 22.2. The van der Waals surface area contributed by atoms with Gasteiger partial charge in [0.25, 0.3) is 0 Å². The molecule has 0 saturated heterocycles. The first-order valence-electron chi connectivity index (χ1n) is 7.08. The average Bonchev–Trinajstić information content (AvgIpc) is 2.22. The molecule has 112 valence electrons. The number of rotatable bonds is 9. The second-order valence-corrected chi connectivity index (χ2v) is 6.35. The van der Waals surface area contributed by atoms with E-state index in [4.69, 9.17) is 9.84 Å². The molecular weight excluding hydrogens is 244 g/mol. The van der Waals surface area contributed by atoms with Gasteiger partial charge >= 0.3 is 11.9 Å². The molecule has 0 aromatic carbocycles. The Kier molecular flexibility index (Phi) is 7.72. The normalized spacial score (nSPS) is 14.5. The smallest absolute Gasteiger partial charge is 0.306 e. The minimum atomic E-state index is -0.968. The third-order valence-electron chi connectivity index (χ3n) is 2.99. The molecule has 0 aromatic rings. The van der Waals surface area contributed by atoms with Crippen molar-refractivity contribution in [1.29, 1.82) is 0 Å². The number of carbonyl (C=O) groups excluding carboxylic acids is 1. The maximum Gasteiger partial charge on any atom is 0.306 e. The van der Waals surface area contributed by atoms with Gasteiger partial charge in [-0.2, -0.15) is 0 Å².